The second-order valence-corrected chi connectivity index (χ2v) is 5.38. The van der Waals surface area contributed by atoms with E-state index in [0.717, 1.165) is 0 Å². The van der Waals surface area contributed by atoms with Crippen molar-refractivity contribution in [3.05, 3.63) is 47.0 Å². The van der Waals surface area contributed by atoms with Crippen LogP contribution >= 0.6 is 0 Å². The van der Waals surface area contributed by atoms with E-state index in [1.165, 1.54) is 26.5 Å². The summed E-state index contributed by atoms with van der Waals surface area (Å²) in [6.45, 7) is 0. The van der Waals surface area contributed by atoms with Crippen LogP contribution in [-0.4, -0.2) is 14.4 Å². The molecule has 0 amide bonds. The Kier molecular flexibility index (Phi) is 3.91. The quantitative estimate of drug-likeness (QED) is 0.643. The summed E-state index contributed by atoms with van der Waals surface area (Å²) >= 11 is -3.44. The van der Waals surface area contributed by atoms with Gasteiger partial charge in [0.05, 0.1) is 0 Å². The third kappa shape index (κ3) is 2.37. The summed E-state index contributed by atoms with van der Waals surface area (Å²) in [6, 6.07) is 0. The summed E-state index contributed by atoms with van der Waals surface area (Å²) in [5.41, 5.74) is 0. The Morgan fingerprint density at radius 3 is 1.93 bits per heavy atom. The van der Waals surface area contributed by atoms with Crippen molar-refractivity contribution in [3.63, 3.8) is 0 Å². The molecule has 0 aromatic rings. The molecule has 0 saturated heterocycles. The van der Waals surface area contributed by atoms with Crippen molar-refractivity contribution in [2.24, 2.45) is 0 Å². The Balaban J connectivity index is 3.65. The summed E-state index contributed by atoms with van der Waals surface area (Å²) < 4.78 is 0.322. The summed E-state index contributed by atoms with van der Waals surface area (Å²) in [4.78, 5) is 36.5. The zero-order chi connectivity index (χ0) is 11.1. The topological polar surface area (TPSA) is 51.2 Å². The van der Waals surface area contributed by atoms with Gasteiger partial charge in [-0.1, -0.05) is 0 Å². The fraction of sp³-hybridized carbons (Fsp3) is 0. The molecule has 0 bridgehead atoms. The van der Waals surface area contributed by atoms with Crippen LogP contribution < -0.4 is 0 Å². The molecule has 0 N–H and O–H groups in total. The van der Waals surface area contributed by atoms with E-state index in [2.05, 4.69) is 0 Å². The van der Waals surface area contributed by atoms with Gasteiger partial charge in [-0.15, -0.1) is 0 Å². The van der Waals surface area contributed by atoms with Crippen LogP contribution in [0.25, 0.3) is 0 Å². The van der Waals surface area contributed by atoms with Gasteiger partial charge in [-0.05, 0) is 0 Å². The maximum absolute atomic E-state index is 10.7. The predicted molar refractivity (Wildman–Crippen MR) is 52.6 cm³/mol. The van der Waals surface area contributed by atoms with E-state index in [0.29, 0.717) is 4.47 Å². The molecule has 1 aliphatic carbocycles. The summed E-state index contributed by atoms with van der Waals surface area (Å²) in [7, 11) is 0. The molecule has 0 spiro atoms. The Bertz CT molecular complexity index is 581. The molecule has 0 unspecified atom stereocenters. The SMILES string of the molecule is O=[C]=[Fe](=[C]=O)(=[C]=O)[C]1=CC=CC=CC=C1. The van der Waals surface area contributed by atoms with E-state index in [4.69, 9.17) is 0 Å². The molecule has 0 aliphatic heterocycles. The Hall–Kier alpha value is -1.78. The number of allylic oxidation sites excluding steroid dienone is 8. The minimum atomic E-state index is -3.44. The third-order valence-electron chi connectivity index (χ3n) is 1.58. The predicted octanol–water partition coefficient (Wildman–Crippen LogP) is 0.908. The van der Waals surface area contributed by atoms with E-state index in [1.54, 1.807) is 30.4 Å². The average Bonchev–Trinajstić information content (AvgIpc) is 2.23. The number of hydrogen-bond acceptors (Lipinski definition) is 3. The van der Waals surface area contributed by atoms with Crippen molar-refractivity contribution in [2.75, 3.05) is 0 Å². The zero-order valence-electron chi connectivity index (χ0n) is 7.62. The van der Waals surface area contributed by atoms with Gasteiger partial charge in [-0.3, -0.25) is 0 Å². The standard InChI is InChI=1S/C8H7.3CO.Fe/c1-2-4-6-8-7-5-3-1;3*1-2;/h1-7H;;;;. The minimum absolute atomic E-state index is 0.322. The van der Waals surface area contributed by atoms with Crippen LogP contribution in [0.2, 0.25) is 0 Å². The fourth-order valence-corrected chi connectivity index (χ4v) is 2.18. The van der Waals surface area contributed by atoms with E-state index in [-0.39, 0.29) is 0 Å². The zero-order valence-corrected chi connectivity index (χ0v) is 8.72. The van der Waals surface area contributed by atoms with Gasteiger partial charge in [0.1, 0.15) is 0 Å². The van der Waals surface area contributed by atoms with Gasteiger partial charge in [0.15, 0.2) is 0 Å². The average molecular weight is 243 g/mol. The monoisotopic (exact) mass is 243 g/mol. The Labute approximate surface area is 87.6 Å². The first-order valence-corrected chi connectivity index (χ1v) is 6.11. The molecule has 0 aromatic carbocycles. The van der Waals surface area contributed by atoms with Gasteiger partial charge in [0.25, 0.3) is 0 Å². The van der Waals surface area contributed by atoms with E-state index >= 15 is 0 Å². The number of hydrogen-bond donors (Lipinski definition) is 0. The van der Waals surface area contributed by atoms with E-state index in [9.17, 15) is 14.4 Å². The van der Waals surface area contributed by atoms with Gasteiger partial charge in [0, 0.05) is 0 Å². The molecular formula is C11H7FeO3. The van der Waals surface area contributed by atoms with Crippen LogP contribution in [-0.2, 0) is 25.9 Å². The second kappa shape index (κ2) is 5.19. The van der Waals surface area contributed by atoms with Crippen LogP contribution in [0.5, 0.6) is 0 Å². The van der Waals surface area contributed by atoms with E-state index < -0.39 is 11.5 Å². The molecule has 77 valence electrons. The van der Waals surface area contributed by atoms with Gasteiger partial charge in [0.2, 0.25) is 0 Å². The molecule has 0 radical (unpaired) electrons. The van der Waals surface area contributed by atoms with Crippen molar-refractivity contribution in [3.8, 4) is 0 Å². The number of rotatable bonds is 1. The Morgan fingerprint density at radius 1 is 0.800 bits per heavy atom. The van der Waals surface area contributed by atoms with Crippen molar-refractivity contribution < 1.29 is 25.9 Å². The van der Waals surface area contributed by atoms with E-state index in [1.807, 2.05) is 0 Å². The molecule has 0 heterocycles. The maximum atomic E-state index is 10.7. The van der Waals surface area contributed by atoms with Crippen LogP contribution in [0.4, 0.5) is 0 Å². The van der Waals surface area contributed by atoms with Gasteiger partial charge >= 0.3 is 87.3 Å². The van der Waals surface area contributed by atoms with Crippen LogP contribution in [0.3, 0.4) is 0 Å². The molecule has 1 aliphatic rings. The fourth-order valence-electron chi connectivity index (χ4n) is 0.884. The molecule has 0 atom stereocenters. The third-order valence-corrected chi connectivity index (χ3v) is 3.92. The Morgan fingerprint density at radius 2 is 1.33 bits per heavy atom. The summed E-state index contributed by atoms with van der Waals surface area (Å²) in [6.07, 6.45) is 11.6. The van der Waals surface area contributed by atoms with Gasteiger partial charge in [-0.25, -0.2) is 0 Å². The molecule has 0 aromatic heterocycles. The van der Waals surface area contributed by atoms with Crippen molar-refractivity contribution >= 4 is 14.4 Å². The van der Waals surface area contributed by atoms with Crippen LogP contribution in [0.15, 0.2) is 47.0 Å². The molecule has 4 heteroatoms. The first-order valence-electron chi connectivity index (χ1n) is 3.90. The second-order valence-electron chi connectivity index (χ2n) is 2.41. The normalized spacial score (nSPS) is 14.3. The molecule has 15 heavy (non-hydrogen) atoms. The molecular weight excluding hydrogens is 236 g/mol. The summed E-state index contributed by atoms with van der Waals surface area (Å²) in [5.74, 6) is 0. The number of carbonyl (C=O) groups excluding carboxylic acids is 3. The van der Waals surface area contributed by atoms with Crippen LogP contribution in [0.1, 0.15) is 0 Å². The molecule has 0 fully saturated rings. The first-order chi connectivity index (χ1) is 7.29. The van der Waals surface area contributed by atoms with Gasteiger partial charge < -0.3 is 0 Å². The summed E-state index contributed by atoms with van der Waals surface area (Å²) in [5, 5.41) is 0. The van der Waals surface area contributed by atoms with Crippen molar-refractivity contribution in [2.45, 2.75) is 0 Å². The van der Waals surface area contributed by atoms with Crippen molar-refractivity contribution in [1.82, 2.24) is 0 Å². The van der Waals surface area contributed by atoms with Crippen molar-refractivity contribution in [1.29, 1.82) is 0 Å². The molecule has 1 rings (SSSR count). The van der Waals surface area contributed by atoms with Gasteiger partial charge in [-0.2, -0.15) is 0 Å². The molecule has 3 nitrogen and oxygen atoms in total. The molecule has 0 saturated carbocycles. The first kappa shape index (κ1) is 11.3. The van der Waals surface area contributed by atoms with Crippen LogP contribution in [0, 0.1) is 0 Å².